The summed E-state index contributed by atoms with van der Waals surface area (Å²) >= 11 is 1.83. The van der Waals surface area contributed by atoms with Crippen molar-refractivity contribution in [1.29, 1.82) is 0 Å². The van der Waals surface area contributed by atoms with E-state index in [1.165, 1.54) is 37.0 Å². The minimum Gasteiger partial charge on any atom is -0.309 e. The number of benzene rings is 7. The van der Waals surface area contributed by atoms with Gasteiger partial charge in [0.1, 0.15) is 5.82 Å². The Morgan fingerprint density at radius 1 is 0.451 bits per heavy atom. The average molecular weight is 675 g/mol. The Labute approximate surface area is 296 Å². The molecule has 0 saturated heterocycles. The maximum Gasteiger partial charge on any atom is 0.164 e. The van der Waals surface area contributed by atoms with E-state index in [1.54, 1.807) is 12.1 Å². The maximum absolute atomic E-state index is 15.0. The van der Waals surface area contributed by atoms with Crippen LogP contribution in [-0.4, -0.2) is 19.5 Å². The number of nitrogens with zero attached hydrogens (tertiary/aromatic N) is 4. The van der Waals surface area contributed by atoms with Gasteiger partial charge in [-0.25, -0.2) is 19.3 Å². The predicted molar refractivity (Wildman–Crippen MR) is 209 cm³/mol. The summed E-state index contributed by atoms with van der Waals surface area (Å²) in [5.74, 6) is 1.42. The van der Waals surface area contributed by atoms with Crippen molar-refractivity contribution in [2.24, 2.45) is 0 Å². The van der Waals surface area contributed by atoms with Gasteiger partial charge in [-0.3, -0.25) is 0 Å². The second kappa shape index (κ2) is 11.8. The van der Waals surface area contributed by atoms with Crippen LogP contribution >= 0.6 is 11.3 Å². The predicted octanol–water partition coefficient (Wildman–Crippen LogP) is 12.1. The summed E-state index contributed by atoms with van der Waals surface area (Å²) in [7, 11) is 0. The van der Waals surface area contributed by atoms with E-state index in [4.69, 9.17) is 15.0 Å². The van der Waals surface area contributed by atoms with Gasteiger partial charge in [0.15, 0.2) is 17.5 Å². The van der Waals surface area contributed by atoms with E-state index in [0.29, 0.717) is 17.5 Å². The highest BCUT2D eigenvalue weighted by Crippen LogP contribution is 2.44. The molecule has 0 aliphatic heterocycles. The lowest BCUT2D eigenvalue weighted by Gasteiger charge is -2.16. The number of para-hydroxylation sites is 1. The average Bonchev–Trinajstić information content (AvgIpc) is 3.74. The third-order valence-electron chi connectivity index (χ3n) is 9.51. The number of hydrogen-bond acceptors (Lipinski definition) is 4. The number of aromatic nitrogens is 4. The minimum absolute atomic E-state index is 0.295. The van der Waals surface area contributed by atoms with Gasteiger partial charge >= 0.3 is 0 Å². The van der Waals surface area contributed by atoms with Gasteiger partial charge < -0.3 is 4.57 Å². The van der Waals surface area contributed by atoms with Crippen LogP contribution in [0.5, 0.6) is 0 Å². The lowest BCUT2D eigenvalue weighted by molar-refractivity contribution is 0.628. The molecule has 0 aliphatic carbocycles. The molecule has 0 aliphatic rings. The quantitative estimate of drug-likeness (QED) is 0.182. The van der Waals surface area contributed by atoms with Gasteiger partial charge in [0, 0.05) is 53.2 Å². The molecule has 51 heavy (non-hydrogen) atoms. The van der Waals surface area contributed by atoms with E-state index in [2.05, 4.69) is 83.4 Å². The lowest BCUT2D eigenvalue weighted by atomic mass is 9.99. The molecule has 7 aromatic carbocycles. The molecule has 6 heteroatoms. The normalized spacial score (nSPS) is 11.6. The van der Waals surface area contributed by atoms with Crippen LogP contribution in [0.15, 0.2) is 164 Å². The van der Waals surface area contributed by atoms with Crippen molar-refractivity contribution >= 4 is 53.3 Å². The molecule has 0 radical (unpaired) electrons. The molecule has 0 N–H and O–H groups in total. The van der Waals surface area contributed by atoms with Crippen molar-refractivity contribution in [1.82, 2.24) is 19.5 Å². The van der Waals surface area contributed by atoms with E-state index in [9.17, 15) is 4.39 Å². The molecule has 0 spiro atoms. The summed E-state index contributed by atoms with van der Waals surface area (Å²) in [4.78, 5) is 14.9. The number of rotatable bonds is 5. The monoisotopic (exact) mass is 674 g/mol. The molecule has 240 valence electrons. The lowest BCUT2D eigenvalue weighted by Crippen LogP contribution is -2.02. The first kappa shape index (κ1) is 29.4. The zero-order chi connectivity index (χ0) is 33.9. The summed E-state index contributed by atoms with van der Waals surface area (Å²) in [5.41, 5.74) is 7.37. The Morgan fingerprint density at radius 3 is 1.80 bits per heavy atom. The van der Waals surface area contributed by atoms with E-state index in [0.717, 1.165) is 44.5 Å². The van der Waals surface area contributed by atoms with Gasteiger partial charge in [-0.05, 0) is 54.1 Å². The molecule has 4 nitrogen and oxygen atoms in total. The van der Waals surface area contributed by atoms with Gasteiger partial charge in [0.05, 0.1) is 16.7 Å². The van der Waals surface area contributed by atoms with Crippen LogP contribution in [0.3, 0.4) is 0 Å². The largest absolute Gasteiger partial charge is 0.309 e. The molecule has 0 atom stereocenters. The molecular weight excluding hydrogens is 648 g/mol. The summed E-state index contributed by atoms with van der Waals surface area (Å²) in [5, 5.41) is 4.92. The standard InChI is InChI=1S/C45H27FN4S/c46-32-17-11-16-30(26-32)36-27-31(45-48-43(28-12-3-1-4-13-28)47-44(49-45)29-14-5-2-6-15-29)22-24-38(36)50-37-20-9-7-19-35(37)41-39(50)25-23-34-33-18-8-10-21-40(33)51-42(34)41/h1-27H. The SMILES string of the molecule is Fc1cccc(-c2cc(-c3nc(-c4ccccc4)nc(-c4ccccc4)n3)ccc2-n2c3ccccc3c3c4sc5ccccc5c4ccc32)c1. The Kier molecular flexibility index (Phi) is 6.82. The molecule has 0 saturated carbocycles. The van der Waals surface area contributed by atoms with Gasteiger partial charge in [-0.15, -0.1) is 11.3 Å². The summed E-state index contributed by atoms with van der Waals surface area (Å²) in [6.45, 7) is 0. The Morgan fingerprint density at radius 2 is 1.08 bits per heavy atom. The van der Waals surface area contributed by atoms with Crippen LogP contribution in [0.4, 0.5) is 4.39 Å². The smallest absolute Gasteiger partial charge is 0.164 e. The molecule has 10 aromatic rings. The van der Waals surface area contributed by atoms with Gasteiger partial charge in [-0.2, -0.15) is 0 Å². The van der Waals surface area contributed by atoms with E-state index in [-0.39, 0.29) is 5.82 Å². The van der Waals surface area contributed by atoms with Gasteiger partial charge in [-0.1, -0.05) is 115 Å². The highest BCUT2D eigenvalue weighted by atomic mass is 32.1. The van der Waals surface area contributed by atoms with Gasteiger partial charge in [0.25, 0.3) is 0 Å². The van der Waals surface area contributed by atoms with Gasteiger partial charge in [0.2, 0.25) is 0 Å². The van der Waals surface area contributed by atoms with Crippen LogP contribution in [0, 0.1) is 5.82 Å². The Bertz CT molecular complexity index is 2870. The molecule has 3 heterocycles. The number of halogens is 1. The summed E-state index contributed by atoms with van der Waals surface area (Å²) < 4.78 is 19.8. The van der Waals surface area contributed by atoms with Crippen molar-refractivity contribution < 1.29 is 4.39 Å². The molecule has 0 bridgehead atoms. The topological polar surface area (TPSA) is 43.6 Å². The fourth-order valence-corrected chi connectivity index (χ4v) is 8.45. The molecule has 0 fully saturated rings. The third kappa shape index (κ3) is 4.91. The fraction of sp³-hybridized carbons (Fsp3) is 0. The first-order valence-electron chi connectivity index (χ1n) is 16.8. The Hall–Kier alpha value is -6.50. The molecular formula is C45H27FN4S. The van der Waals surface area contributed by atoms with Crippen molar-refractivity contribution in [2.75, 3.05) is 0 Å². The fourth-order valence-electron chi connectivity index (χ4n) is 7.19. The Balaban J connectivity index is 1.25. The number of thiophene rings is 1. The molecule has 0 amide bonds. The molecule has 10 rings (SSSR count). The first-order valence-corrected chi connectivity index (χ1v) is 17.6. The summed E-state index contributed by atoms with van der Waals surface area (Å²) in [6.07, 6.45) is 0. The highest BCUT2D eigenvalue weighted by molar-refractivity contribution is 7.26. The van der Waals surface area contributed by atoms with E-state index in [1.807, 2.05) is 78.1 Å². The first-order chi connectivity index (χ1) is 25.2. The van der Waals surface area contributed by atoms with Crippen molar-refractivity contribution in [2.45, 2.75) is 0 Å². The number of fused-ring (bicyclic) bond motifs is 7. The second-order valence-corrected chi connectivity index (χ2v) is 13.6. The van der Waals surface area contributed by atoms with Crippen LogP contribution in [-0.2, 0) is 0 Å². The minimum atomic E-state index is -0.295. The zero-order valence-electron chi connectivity index (χ0n) is 27.2. The van der Waals surface area contributed by atoms with Crippen molar-refractivity contribution in [3.63, 3.8) is 0 Å². The van der Waals surface area contributed by atoms with Crippen LogP contribution in [0.2, 0.25) is 0 Å². The van der Waals surface area contributed by atoms with Crippen LogP contribution < -0.4 is 0 Å². The maximum atomic E-state index is 15.0. The van der Waals surface area contributed by atoms with E-state index < -0.39 is 0 Å². The van der Waals surface area contributed by atoms with Crippen molar-refractivity contribution in [3.8, 4) is 51.0 Å². The van der Waals surface area contributed by atoms with Crippen molar-refractivity contribution in [3.05, 3.63) is 170 Å². The molecule has 3 aromatic heterocycles. The number of hydrogen-bond donors (Lipinski definition) is 0. The second-order valence-electron chi connectivity index (χ2n) is 12.6. The van der Waals surface area contributed by atoms with Crippen LogP contribution in [0.1, 0.15) is 0 Å². The van der Waals surface area contributed by atoms with Crippen LogP contribution in [0.25, 0.3) is 93.0 Å². The highest BCUT2D eigenvalue weighted by Gasteiger charge is 2.21. The van der Waals surface area contributed by atoms with E-state index >= 15 is 0 Å². The summed E-state index contributed by atoms with van der Waals surface area (Å²) in [6, 6.07) is 54.6. The third-order valence-corrected chi connectivity index (χ3v) is 10.7. The molecule has 0 unspecified atom stereocenters. The zero-order valence-corrected chi connectivity index (χ0v) is 28.0.